The van der Waals surface area contributed by atoms with Gasteiger partial charge in [-0.15, -0.1) is 0 Å². The highest BCUT2D eigenvalue weighted by atomic mass is 15.1. The first kappa shape index (κ1) is 13.4. The minimum atomic E-state index is 0.617. The average Bonchev–Trinajstić information content (AvgIpc) is 3.00. The van der Waals surface area contributed by atoms with Crippen molar-refractivity contribution in [2.75, 3.05) is 14.1 Å². The zero-order valence-electron chi connectivity index (χ0n) is 11.6. The van der Waals surface area contributed by atoms with Crippen molar-refractivity contribution >= 4 is 0 Å². The van der Waals surface area contributed by atoms with E-state index in [2.05, 4.69) is 67.6 Å². The fourth-order valence-corrected chi connectivity index (χ4v) is 2.90. The minimum Gasteiger partial charge on any atom is -0.306 e. The minimum absolute atomic E-state index is 0.617. The van der Waals surface area contributed by atoms with Crippen LogP contribution in [-0.4, -0.2) is 25.0 Å². The predicted octanol–water partition coefficient (Wildman–Crippen LogP) is 3.96. The van der Waals surface area contributed by atoms with Crippen LogP contribution in [0.4, 0.5) is 0 Å². The predicted molar refractivity (Wildman–Crippen MR) is 79.5 cm³/mol. The molecule has 0 N–H and O–H groups in total. The van der Waals surface area contributed by atoms with E-state index in [1.807, 2.05) is 0 Å². The molecule has 0 unspecified atom stereocenters. The molecule has 1 atom stereocenters. The van der Waals surface area contributed by atoms with E-state index in [1.165, 1.54) is 25.7 Å². The Labute approximate surface area is 112 Å². The maximum atomic E-state index is 2.38. The van der Waals surface area contributed by atoms with Gasteiger partial charge in [0.2, 0.25) is 0 Å². The highest BCUT2D eigenvalue weighted by Crippen LogP contribution is 2.23. The lowest BCUT2D eigenvalue weighted by Gasteiger charge is -2.28. The molecule has 0 fully saturated rings. The summed E-state index contributed by atoms with van der Waals surface area (Å²) in [4.78, 5) is 2.38. The lowest BCUT2D eigenvalue weighted by Crippen LogP contribution is -2.33. The first-order valence-corrected chi connectivity index (χ1v) is 7.14. The zero-order valence-corrected chi connectivity index (χ0v) is 11.6. The maximum absolute atomic E-state index is 2.38. The summed E-state index contributed by atoms with van der Waals surface area (Å²) < 4.78 is 0. The molecular weight excluding hydrogens is 218 g/mol. The molecule has 2 aliphatic rings. The highest BCUT2D eigenvalue weighted by molar-refractivity contribution is 5.20. The van der Waals surface area contributed by atoms with Crippen molar-refractivity contribution in [1.82, 2.24) is 4.90 Å². The van der Waals surface area contributed by atoms with Crippen molar-refractivity contribution in [3.63, 3.8) is 0 Å². The van der Waals surface area contributed by atoms with E-state index in [0.717, 1.165) is 0 Å². The van der Waals surface area contributed by atoms with Gasteiger partial charge in [-0.1, -0.05) is 61.4 Å². The smallest absolute Gasteiger partial charge is 0.0187 e. The summed E-state index contributed by atoms with van der Waals surface area (Å²) in [6.07, 6.45) is 23.2. The molecule has 0 spiro atoms. The van der Waals surface area contributed by atoms with Crippen LogP contribution >= 0.6 is 0 Å². The SMILES string of the molecule is CN(C)[C@H](CCCCC1C=CC=C1)C1C=CC=C1. The molecule has 0 aromatic carbocycles. The van der Waals surface area contributed by atoms with Crippen LogP contribution in [0.1, 0.15) is 25.7 Å². The number of nitrogens with zero attached hydrogens (tertiary/aromatic N) is 1. The van der Waals surface area contributed by atoms with Crippen molar-refractivity contribution in [2.45, 2.75) is 31.7 Å². The summed E-state index contributed by atoms with van der Waals surface area (Å²) in [7, 11) is 4.40. The molecule has 0 aromatic rings. The van der Waals surface area contributed by atoms with Crippen molar-refractivity contribution in [3.05, 3.63) is 48.6 Å². The summed E-state index contributed by atoms with van der Waals surface area (Å²) in [6, 6.07) is 0.662. The molecule has 0 aliphatic heterocycles. The molecule has 0 saturated heterocycles. The van der Waals surface area contributed by atoms with E-state index in [9.17, 15) is 0 Å². The Hall–Kier alpha value is -1.08. The molecule has 98 valence electrons. The first-order valence-electron chi connectivity index (χ1n) is 7.14. The molecule has 1 nitrogen and oxygen atoms in total. The molecule has 0 bridgehead atoms. The van der Waals surface area contributed by atoms with Crippen molar-refractivity contribution in [3.8, 4) is 0 Å². The van der Waals surface area contributed by atoms with Crippen LogP contribution in [0.2, 0.25) is 0 Å². The van der Waals surface area contributed by atoms with E-state index in [-0.39, 0.29) is 0 Å². The molecular formula is C17H25N. The molecule has 2 rings (SSSR count). The van der Waals surface area contributed by atoms with Gasteiger partial charge in [-0.25, -0.2) is 0 Å². The number of unbranched alkanes of at least 4 members (excludes halogenated alkanes) is 1. The Morgan fingerprint density at radius 1 is 0.889 bits per heavy atom. The molecule has 1 heteroatoms. The van der Waals surface area contributed by atoms with Crippen LogP contribution in [0.15, 0.2) is 48.6 Å². The third-order valence-corrected chi connectivity index (χ3v) is 4.00. The quantitative estimate of drug-likeness (QED) is 0.612. The van der Waals surface area contributed by atoms with Gasteiger partial charge in [0, 0.05) is 12.0 Å². The normalized spacial score (nSPS) is 20.6. The van der Waals surface area contributed by atoms with E-state index >= 15 is 0 Å². The lowest BCUT2D eigenvalue weighted by atomic mass is 9.93. The van der Waals surface area contributed by atoms with Crippen molar-refractivity contribution < 1.29 is 0 Å². The van der Waals surface area contributed by atoms with Gasteiger partial charge in [0.1, 0.15) is 0 Å². The lowest BCUT2D eigenvalue weighted by molar-refractivity contribution is 0.242. The third kappa shape index (κ3) is 3.71. The second kappa shape index (κ2) is 6.75. The summed E-state index contributed by atoms with van der Waals surface area (Å²) in [5.41, 5.74) is 0. The molecule has 0 radical (unpaired) electrons. The number of rotatable bonds is 7. The fraction of sp³-hybridized carbons (Fsp3) is 0.529. The van der Waals surface area contributed by atoms with E-state index < -0.39 is 0 Å². The number of hydrogen-bond donors (Lipinski definition) is 0. The van der Waals surface area contributed by atoms with Crippen LogP contribution in [0.25, 0.3) is 0 Å². The topological polar surface area (TPSA) is 3.24 Å². The summed E-state index contributed by atoms with van der Waals surface area (Å²) in [6.45, 7) is 0. The van der Waals surface area contributed by atoms with Gasteiger partial charge in [-0.3, -0.25) is 0 Å². The second-order valence-electron chi connectivity index (χ2n) is 5.60. The van der Waals surface area contributed by atoms with Gasteiger partial charge in [0.15, 0.2) is 0 Å². The van der Waals surface area contributed by atoms with Crippen LogP contribution in [0, 0.1) is 11.8 Å². The van der Waals surface area contributed by atoms with Gasteiger partial charge in [0.05, 0.1) is 0 Å². The van der Waals surface area contributed by atoms with Gasteiger partial charge in [-0.05, 0) is 32.9 Å². The van der Waals surface area contributed by atoms with Gasteiger partial charge in [-0.2, -0.15) is 0 Å². The Morgan fingerprint density at radius 3 is 2.11 bits per heavy atom. The number of allylic oxidation sites excluding steroid dienone is 6. The molecule has 0 saturated carbocycles. The van der Waals surface area contributed by atoms with E-state index in [0.29, 0.717) is 17.9 Å². The molecule has 18 heavy (non-hydrogen) atoms. The molecule has 0 amide bonds. The Balaban J connectivity index is 1.69. The second-order valence-corrected chi connectivity index (χ2v) is 5.60. The van der Waals surface area contributed by atoms with Crippen LogP contribution < -0.4 is 0 Å². The molecule has 2 aliphatic carbocycles. The summed E-state index contributed by atoms with van der Waals surface area (Å²) in [5, 5.41) is 0. The Bertz CT molecular complexity index is 336. The largest absolute Gasteiger partial charge is 0.306 e. The van der Waals surface area contributed by atoms with Crippen molar-refractivity contribution in [2.24, 2.45) is 11.8 Å². The van der Waals surface area contributed by atoms with Crippen LogP contribution in [-0.2, 0) is 0 Å². The standard InChI is InChI=1S/C17H25N/c1-18(2)17(16-12-6-7-13-16)14-8-5-11-15-9-3-4-10-15/h3-4,6-7,9-10,12-13,15-17H,5,8,11,14H2,1-2H3/t17-/m1/s1. The molecule has 0 aromatic heterocycles. The van der Waals surface area contributed by atoms with Crippen LogP contribution in [0.5, 0.6) is 0 Å². The monoisotopic (exact) mass is 243 g/mol. The van der Waals surface area contributed by atoms with Gasteiger partial charge < -0.3 is 4.90 Å². The van der Waals surface area contributed by atoms with Gasteiger partial charge >= 0.3 is 0 Å². The summed E-state index contributed by atoms with van der Waals surface area (Å²) in [5.74, 6) is 1.32. The van der Waals surface area contributed by atoms with Crippen molar-refractivity contribution in [1.29, 1.82) is 0 Å². The van der Waals surface area contributed by atoms with E-state index in [1.54, 1.807) is 0 Å². The van der Waals surface area contributed by atoms with Crippen LogP contribution in [0.3, 0.4) is 0 Å². The third-order valence-electron chi connectivity index (χ3n) is 4.00. The zero-order chi connectivity index (χ0) is 12.8. The van der Waals surface area contributed by atoms with Gasteiger partial charge in [0.25, 0.3) is 0 Å². The summed E-state index contributed by atoms with van der Waals surface area (Å²) >= 11 is 0. The Morgan fingerprint density at radius 2 is 1.50 bits per heavy atom. The average molecular weight is 243 g/mol. The molecule has 0 heterocycles. The first-order chi connectivity index (χ1) is 8.77. The highest BCUT2D eigenvalue weighted by Gasteiger charge is 2.20. The van der Waals surface area contributed by atoms with E-state index in [4.69, 9.17) is 0 Å². The number of hydrogen-bond acceptors (Lipinski definition) is 1. The Kier molecular flexibility index (Phi) is 5.00. The maximum Gasteiger partial charge on any atom is 0.0187 e. The fourth-order valence-electron chi connectivity index (χ4n) is 2.90.